The van der Waals surface area contributed by atoms with E-state index in [9.17, 15) is 0 Å². The van der Waals surface area contributed by atoms with Gasteiger partial charge in [0.1, 0.15) is 5.82 Å². The Bertz CT molecular complexity index is 352. The van der Waals surface area contributed by atoms with Gasteiger partial charge in [0.15, 0.2) is 5.15 Å². The molecule has 1 N–H and O–H groups in total. The third-order valence-electron chi connectivity index (χ3n) is 3.17. The average molecular weight is 255 g/mol. The van der Waals surface area contributed by atoms with Crippen LogP contribution in [0.1, 0.15) is 26.7 Å². The van der Waals surface area contributed by atoms with Crippen LogP contribution >= 0.6 is 11.6 Å². The van der Waals surface area contributed by atoms with E-state index < -0.39 is 0 Å². The molecule has 1 fully saturated rings. The lowest BCUT2D eigenvalue weighted by Crippen LogP contribution is -2.45. The first-order chi connectivity index (χ1) is 8.15. The Hall–Kier alpha value is -0.870. The standard InChI is InChI=1S/C12H19ClN4/c1-9(2)17-7-3-4-10(8-17)14-12-6-5-11(13)15-16-12/h5-6,9-10H,3-4,7-8H2,1-2H3,(H,14,16)/t10-/m1/s1. The van der Waals surface area contributed by atoms with Gasteiger partial charge in [-0.3, -0.25) is 4.90 Å². The van der Waals surface area contributed by atoms with Crippen LogP contribution in [0.3, 0.4) is 0 Å². The minimum atomic E-state index is 0.433. The molecule has 1 aromatic heterocycles. The van der Waals surface area contributed by atoms with Gasteiger partial charge in [-0.15, -0.1) is 10.2 Å². The number of nitrogens with one attached hydrogen (secondary N) is 1. The zero-order valence-corrected chi connectivity index (χ0v) is 11.1. The maximum atomic E-state index is 5.71. The molecule has 0 bridgehead atoms. The number of hydrogen-bond donors (Lipinski definition) is 1. The highest BCUT2D eigenvalue weighted by molar-refractivity contribution is 6.29. The van der Waals surface area contributed by atoms with Gasteiger partial charge in [-0.1, -0.05) is 11.6 Å². The molecule has 94 valence electrons. The van der Waals surface area contributed by atoms with E-state index >= 15 is 0 Å². The van der Waals surface area contributed by atoms with Crippen molar-refractivity contribution >= 4 is 17.4 Å². The third kappa shape index (κ3) is 3.54. The second kappa shape index (κ2) is 5.65. The van der Waals surface area contributed by atoms with Crippen LogP contribution in [-0.2, 0) is 0 Å². The fourth-order valence-electron chi connectivity index (χ4n) is 2.20. The van der Waals surface area contributed by atoms with Gasteiger partial charge in [-0.25, -0.2) is 0 Å². The number of halogens is 1. The lowest BCUT2D eigenvalue weighted by atomic mass is 10.0. The summed E-state index contributed by atoms with van der Waals surface area (Å²) < 4.78 is 0. The third-order valence-corrected chi connectivity index (χ3v) is 3.37. The molecular weight excluding hydrogens is 236 g/mol. The molecule has 17 heavy (non-hydrogen) atoms. The van der Waals surface area contributed by atoms with Crippen molar-refractivity contribution in [1.82, 2.24) is 15.1 Å². The summed E-state index contributed by atoms with van der Waals surface area (Å²) in [4.78, 5) is 2.49. The zero-order valence-electron chi connectivity index (χ0n) is 10.4. The molecule has 0 radical (unpaired) electrons. The summed E-state index contributed by atoms with van der Waals surface area (Å²) in [6.45, 7) is 6.75. The molecule has 1 aliphatic heterocycles. The summed E-state index contributed by atoms with van der Waals surface area (Å²) in [5.74, 6) is 0.810. The summed E-state index contributed by atoms with van der Waals surface area (Å²) in [6.07, 6.45) is 2.42. The molecule has 0 spiro atoms. The molecule has 0 unspecified atom stereocenters. The predicted molar refractivity (Wildman–Crippen MR) is 70.4 cm³/mol. The average Bonchev–Trinajstić information content (AvgIpc) is 2.32. The number of rotatable bonds is 3. The Morgan fingerprint density at radius 1 is 1.41 bits per heavy atom. The molecule has 4 nitrogen and oxygen atoms in total. The van der Waals surface area contributed by atoms with Crippen LogP contribution < -0.4 is 5.32 Å². The Balaban J connectivity index is 1.92. The van der Waals surface area contributed by atoms with Gasteiger partial charge in [0.2, 0.25) is 0 Å². The quantitative estimate of drug-likeness (QED) is 0.900. The summed E-state index contributed by atoms with van der Waals surface area (Å²) in [5.41, 5.74) is 0. The van der Waals surface area contributed by atoms with Gasteiger partial charge in [-0.05, 0) is 45.4 Å². The summed E-state index contributed by atoms with van der Waals surface area (Å²) >= 11 is 5.71. The van der Waals surface area contributed by atoms with Gasteiger partial charge in [0.25, 0.3) is 0 Å². The van der Waals surface area contributed by atoms with Crippen LogP contribution in [0.15, 0.2) is 12.1 Å². The molecule has 0 amide bonds. The molecule has 1 aromatic rings. The first-order valence-corrected chi connectivity index (χ1v) is 6.53. The Morgan fingerprint density at radius 3 is 2.88 bits per heavy atom. The Kier molecular flexibility index (Phi) is 4.18. The topological polar surface area (TPSA) is 41.0 Å². The molecule has 2 rings (SSSR count). The maximum Gasteiger partial charge on any atom is 0.151 e. The van der Waals surface area contributed by atoms with E-state index in [0.717, 1.165) is 12.4 Å². The van der Waals surface area contributed by atoms with E-state index in [2.05, 4.69) is 34.3 Å². The van der Waals surface area contributed by atoms with Crippen molar-refractivity contribution in [3.05, 3.63) is 17.3 Å². The molecule has 1 saturated heterocycles. The van der Waals surface area contributed by atoms with Crippen molar-refractivity contribution in [3.8, 4) is 0 Å². The monoisotopic (exact) mass is 254 g/mol. The number of piperidine rings is 1. The van der Waals surface area contributed by atoms with Crippen LogP contribution in [0.25, 0.3) is 0 Å². The summed E-state index contributed by atoms with van der Waals surface area (Å²) in [5, 5.41) is 11.7. The number of anilines is 1. The van der Waals surface area contributed by atoms with E-state index in [1.807, 2.05) is 6.07 Å². The maximum absolute atomic E-state index is 5.71. The Labute approximate surface area is 107 Å². The van der Waals surface area contributed by atoms with Crippen molar-refractivity contribution in [1.29, 1.82) is 0 Å². The van der Waals surface area contributed by atoms with Gasteiger partial charge >= 0.3 is 0 Å². The largest absolute Gasteiger partial charge is 0.365 e. The molecule has 0 aliphatic carbocycles. The first kappa shape index (κ1) is 12.6. The molecule has 0 aromatic carbocycles. The highest BCUT2D eigenvalue weighted by Gasteiger charge is 2.21. The van der Waals surface area contributed by atoms with Crippen LogP contribution in [-0.4, -0.2) is 40.3 Å². The molecule has 1 aliphatic rings. The lowest BCUT2D eigenvalue weighted by Gasteiger charge is -2.35. The van der Waals surface area contributed by atoms with E-state index in [1.165, 1.54) is 19.4 Å². The molecule has 5 heteroatoms. The normalized spacial score (nSPS) is 21.8. The van der Waals surface area contributed by atoms with Crippen molar-refractivity contribution < 1.29 is 0 Å². The minimum absolute atomic E-state index is 0.433. The van der Waals surface area contributed by atoms with Crippen LogP contribution in [0.4, 0.5) is 5.82 Å². The fourth-order valence-corrected chi connectivity index (χ4v) is 2.30. The molecule has 2 heterocycles. The second-order valence-electron chi connectivity index (χ2n) is 4.81. The van der Waals surface area contributed by atoms with Gasteiger partial charge in [0, 0.05) is 18.6 Å². The van der Waals surface area contributed by atoms with Crippen molar-refractivity contribution in [2.24, 2.45) is 0 Å². The molecule has 0 saturated carbocycles. The van der Waals surface area contributed by atoms with E-state index in [0.29, 0.717) is 17.2 Å². The van der Waals surface area contributed by atoms with Crippen LogP contribution in [0, 0.1) is 0 Å². The molecule has 1 atom stereocenters. The van der Waals surface area contributed by atoms with Crippen molar-refractivity contribution in [2.75, 3.05) is 18.4 Å². The minimum Gasteiger partial charge on any atom is -0.365 e. The van der Waals surface area contributed by atoms with Gasteiger partial charge in [-0.2, -0.15) is 0 Å². The SMILES string of the molecule is CC(C)N1CCC[C@@H](Nc2ccc(Cl)nn2)C1. The Morgan fingerprint density at radius 2 is 2.24 bits per heavy atom. The zero-order chi connectivity index (χ0) is 12.3. The smallest absolute Gasteiger partial charge is 0.151 e. The van der Waals surface area contributed by atoms with Crippen LogP contribution in [0.2, 0.25) is 5.15 Å². The van der Waals surface area contributed by atoms with E-state index in [1.54, 1.807) is 6.07 Å². The van der Waals surface area contributed by atoms with Crippen molar-refractivity contribution in [2.45, 2.75) is 38.8 Å². The predicted octanol–water partition coefficient (Wildman–Crippen LogP) is 2.41. The van der Waals surface area contributed by atoms with Crippen molar-refractivity contribution in [3.63, 3.8) is 0 Å². The summed E-state index contributed by atoms with van der Waals surface area (Å²) in [7, 11) is 0. The van der Waals surface area contributed by atoms with Crippen LogP contribution in [0.5, 0.6) is 0 Å². The second-order valence-corrected chi connectivity index (χ2v) is 5.20. The number of aromatic nitrogens is 2. The summed E-state index contributed by atoms with van der Waals surface area (Å²) in [6, 6.07) is 4.71. The van der Waals surface area contributed by atoms with Gasteiger partial charge in [0.05, 0.1) is 0 Å². The lowest BCUT2D eigenvalue weighted by molar-refractivity contribution is 0.174. The number of hydrogen-bond acceptors (Lipinski definition) is 4. The highest BCUT2D eigenvalue weighted by atomic mass is 35.5. The first-order valence-electron chi connectivity index (χ1n) is 6.15. The number of likely N-dealkylation sites (tertiary alicyclic amines) is 1. The molecular formula is C12H19ClN4. The fraction of sp³-hybridized carbons (Fsp3) is 0.667. The van der Waals surface area contributed by atoms with Gasteiger partial charge < -0.3 is 5.32 Å². The number of nitrogens with zero attached hydrogens (tertiary/aromatic N) is 3. The van der Waals surface area contributed by atoms with E-state index in [-0.39, 0.29) is 0 Å². The highest BCUT2D eigenvalue weighted by Crippen LogP contribution is 2.16. The van der Waals surface area contributed by atoms with E-state index in [4.69, 9.17) is 11.6 Å².